The number of hydrogen-bond donors (Lipinski definition) is 2. The summed E-state index contributed by atoms with van der Waals surface area (Å²) in [6.07, 6.45) is 1.68. The fraction of sp³-hybridized carbons (Fsp3) is 0.417. The Labute approximate surface area is 136 Å². The predicted octanol–water partition coefficient (Wildman–Crippen LogP) is 2.54. The Morgan fingerprint density at radius 1 is 1.48 bits per heavy atom. The zero-order chi connectivity index (χ0) is 15.6. The summed E-state index contributed by atoms with van der Waals surface area (Å²) >= 11 is 4.73. The summed E-state index contributed by atoms with van der Waals surface area (Å²) in [5.41, 5.74) is 0. The lowest BCUT2D eigenvalue weighted by Crippen LogP contribution is -2.21. The Balaban J connectivity index is 2.19. The molecule has 2 aromatic rings. The quantitative estimate of drug-likeness (QED) is 0.791. The van der Waals surface area contributed by atoms with E-state index in [0.29, 0.717) is 22.2 Å². The van der Waals surface area contributed by atoms with Crippen LogP contribution in [-0.4, -0.2) is 24.2 Å². The molecule has 0 bridgehead atoms. The molecule has 0 saturated heterocycles. The highest BCUT2D eigenvalue weighted by Crippen LogP contribution is 2.32. The van der Waals surface area contributed by atoms with Gasteiger partial charge < -0.3 is 5.32 Å². The van der Waals surface area contributed by atoms with Crippen molar-refractivity contribution in [2.24, 2.45) is 7.05 Å². The molecule has 0 atom stereocenters. The predicted molar refractivity (Wildman–Crippen MR) is 88.0 cm³/mol. The van der Waals surface area contributed by atoms with Crippen LogP contribution in [0.4, 0.5) is 5.82 Å². The van der Waals surface area contributed by atoms with Crippen LogP contribution in [0.1, 0.15) is 18.7 Å². The summed E-state index contributed by atoms with van der Waals surface area (Å²) in [6, 6.07) is 3.63. The first kappa shape index (κ1) is 16.5. The number of nitrogens with zero attached hydrogens (tertiary/aromatic N) is 2. The molecule has 2 aromatic heterocycles. The van der Waals surface area contributed by atoms with Gasteiger partial charge in [-0.2, -0.15) is 5.10 Å². The zero-order valence-electron chi connectivity index (χ0n) is 11.9. The van der Waals surface area contributed by atoms with E-state index in [9.17, 15) is 8.42 Å². The minimum Gasteiger partial charge on any atom is -0.310 e. The maximum atomic E-state index is 12.4. The molecule has 0 fully saturated rings. The molecule has 0 aliphatic carbocycles. The summed E-state index contributed by atoms with van der Waals surface area (Å²) in [5, 5.41) is 7.28. The van der Waals surface area contributed by atoms with Gasteiger partial charge in [-0.15, -0.1) is 11.3 Å². The molecule has 6 nitrogen and oxygen atoms in total. The lowest BCUT2D eigenvalue weighted by molar-refractivity contribution is 0.592. The molecule has 0 spiro atoms. The third-order valence-corrected chi connectivity index (χ3v) is 6.24. The Morgan fingerprint density at radius 2 is 2.19 bits per heavy atom. The summed E-state index contributed by atoms with van der Waals surface area (Å²) in [4.78, 5) is 1.19. The molecule has 0 saturated carbocycles. The number of nitrogens with one attached hydrogen (secondary N) is 2. The maximum absolute atomic E-state index is 12.4. The van der Waals surface area contributed by atoms with E-state index in [1.54, 1.807) is 30.1 Å². The van der Waals surface area contributed by atoms with Crippen molar-refractivity contribution < 1.29 is 8.42 Å². The second-order valence-corrected chi connectivity index (χ2v) is 8.97. The van der Waals surface area contributed by atoms with Crippen molar-refractivity contribution in [2.75, 3.05) is 4.72 Å². The minimum absolute atomic E-state index is 0.235. The van der Waals surface area contributed by atoms with Gasteiger partial charge in [0.2, 0.25) is 0 Å². The SMILES string of the molecule is CC(C)NCc1cc(S(=O)(=O)Nc2ccn(C)n2)c(Br)s1. The second-order valence-electron chi connectivity index (χ2n) is 4.87. The van der Waals surface area contributed by atoms with Gasteiger partial charge in [-0.25, -0.2) is 8.42 Å². The van der Waals surface area contributed by atoms with Crippen molar-refractivity contribution in [3.8, 4) is 0 Å². The molecule has 0 radical (unpaired) electrons. The van der Waals surface area contributed by atoms with Crippen molar-refractivity contribution in [1.29, 1.82) is 0 Å². The molecule has 2 N–H and O–H groups in total. The van der Waals surface area contributed by atoms with E-state index in [4.69, 9.17) is 0 Å². The average molecular weight is 393 g/mol. The molecule has 0 aliphatic rings. The Morgan fingerprint density at radius 3 is 2.76 bits per heavy atom. The molecule has 116 valence electrons. The third-order valence-electron chi connectivity index (χ3n) is 2.63. The first-order chi connectivity index (χ1) is 9.78. The number of rotatable bonds is 6. The van der Waals surface area contributed by atoms with Crippen LogP contribution >= 0.6 is 27.3 Å². The molecule has 0 amide bonds. The largest absolute Gasteiger partial charge is 0.310 e. The van der Waals surface area contributed by atoms with Crippen molar-refractivity contribution in [3.63, 3.8) is 0 Å². The molecule has 9 heteroatoms. The van der Waals surface area contributed by atoms with E-state index in [1.165, 1.54) is 11.3 Å². The van der Waals surface area contributed by atoms with Gasteiger partial charge in [0.25, 0.3) is 10.0 Å². The average Bonchev–Trinajstić information content (AvgIpc) is 2.93. The van der Waals surface area contributed by atoms with Gasteiger partial charge in [-0.05, 0) is 22.0 Å². The van der Waals surface area contributed by atoms with Crippen LogP contribution in [0.2, 0.25) is 0 Å². The first-order valence-electron chi connectivity index (χ1n) is 6.32. The highest BCUT2D eigenvalue weighted by molar-refractivity contribution is 9.11. The highest BCUT2D eigenvalue weighted by atomic mass is 79.9. The van der Waals surface area contributed by atoms with Crippen molar-refractivity contribution in [2.45, 2.75) is 31.3 Å². The van der Waals surface area contributed by atoms with Crippen LogP contribution in [0, 0.1) is 0 Å². The number of sulfonamides is 1. The van der Waals surface area contributed by atoms with Crippen molar-refractivity contribution in [1.82, 2.24) is 15.1 Å². The number of aryl methyl sites for hydroxylation is 1. The molecule has 0 aromatic carbocycles. The van der Waals surface area contributed by atoms with Crippen molar-refractivity contribution >= 4 is 43.1 Å². The van der Waals surface area contributed by atoms with Gasteiger partial charge in [0, 0.05) is 36.8 Å². The van der Waals surface area contributed by atoms with Gasteiger partial charge in [0.15, 0.2) is 5.82 Å². The zero-order valence-corrected chi connectivity index (χ0v) is 15.1. The van der Waals surface area contributed by atoms with Gasteiger partial charge in [-0.1, -0.05) is 13.8 Å². The topological polar surface area (TPSA) is 76.0 Å². The van der Waals surface area contributed by atoms with E-state index < -0.39 is 10.0 Å². The van der Waals surface area contributed by atoms with Crippen LogP contribution in [0.25, 0.3) is 0 Å². The monoisotopic (exact) mass is 392 g/mol. The van der Waals surface area contributed by atoms with Crippen molar-refractivity contribution in [3.05, 3.63) is 27.0 Å². The van der Waals surface area contributed by atoms with Gasteiger partial charge in [0.1, 0.15) is 4.90 Å². The normalized spacial score (nSPS) is 12.0. The minimum atomic E-state index is -3.64. The van der Waals surface area contributed by atoms with E-state index in [1.807, 2.05) is 13.8 Å². The third kappa shape index (κ3) is 4.29. The van der Waals surface area contributed by atoms with E-state index >= 15 is 0 Å². The molecular weight excluding hydrogens is 376 g/mol. The fourth-order valence-electron chi connectivity index (χ4n) is 1.64. The first-order valence-corrected chi connectivity index (χ1v) is 9.41. The number of aromatic nitrogens is 2. The Kier molecular flexibility index (Phi) is 5.07. The van der Waals surface area contributed by atoms with Crippen LogP contribution < -0.4 is 10.0 Å². The summed E-state index contributed by atoms with van der Waals surface area (Å²) < 4.78 is 29.4. The molecular formula is C12H17BrN4O2S2. The standard InChI is InChI=1S/C12H17BrN4O2S2/c1-8(2)14-7-9-6-10(12(13)20-9)21(18,19)16-11-4-5-17(3)15-11/h4-6,8,14H,7H2,1-3H3,(H,15,16). The van der Waals surface area contributed by atoms with Crippen LogP contribution in [0.15, 0.2) is 27.0 Å². The second kappa shape index (κ2) is 6.47. The number of hydrogen-bond acceptors (Lipinski definition) is 5. The van der Waals surface area contributed by atoms with Gasteiger partial charge in [-0.3, -0.25) is 9.40 Å². The van der Waals surface area contributed by atoms with Gasteiger partial charge >= 0.3 is 0 Å². The number of thiophene rings is 1. The summed E-state index contributed by atoms with van der Waals surface area (Å²) in [7, 11) is -1.91. The smallest absolute Gasteiger partial charge is 0.265 e. The van der Waals surface area contributed by atoms with Crippen LogP contribution in [0.5, 0.6) is 0 Å². The van der Waals surface area contributed by atoms with Crippen LogP contribution in [-0.2, 0) is 23.6 Å². The number of halogens is 1. The molecule has 2 rings (SSSR count). The Hall–Kier alpha value is -0.900. The van der Waals surface area contributed by atoms with E-state index in [0.717, 1.165) is 4.88 Å². The molecule has 2 heterocycles. The lowest BCUT2D eigenvalue weighted by atomic mass is 10.4. The van der Waals surface area contributed by atoms with E-state index in [-0.39, 0.29) is 4.90 Å². The number of anilines is 1. The molecule has 0 unspecified atom stereocenters. The molecule has 0 aliphatic heterocycles. The maximum Gasteiger partial charge on any atom is 0.265 e. The molecule has 21 heavy (non-hydrogen) atoms. The van der Waals surface area contributed by atoms with Crippen LogP contribution in [0.3, 0.4) is 0 Å². The Bertz CT molecular complexity index is 721. The highest BCUT2D eigenvalue weighted by Gasteiger charge is 2.22. The van der Waals surface area contributed by atoms with Gasteiger partial charge in [0.05, 0.1) is 3.79 Å². The summed E-state index contributed by atoms with van der Waals surface area (Å²) in [6.45, 7) is 4.73. The summed E-state index contributed by atoms with van der Waals surface area (Å²) in [5.74, 6) is 0.303. The fourth-order valence-corrected chi connectivity index (χ4v) is 5.27. The lowest BCUT2D eigenvalue weighted by Gasteiger charge is -2.05. The van der Waals surface area contributed by atoms with E-state index in [2.05, 4.69) is 31.1 Å².